The van der Waals surface area contributed by atoms with Crippen LogP contribution in [-0.2, 0) is 4.79 Å². The molecule has 0 atom stereocenters. The normalized spacial score (nSPS) is 16.4. The summed E-state index contributed by atoms with van der Waals surface area (Å²) in [5, 5.41) is 16.3. The maximum absolute atomic E-state index is 12.7. The molecule has 0 spiro atoms. The van der Waals surface area contributed by atoms with Crippen LogP contribution < -0.4 is 10.6 Å². The SMILES string of the molecule is Cl.Cl.N=C(N)c1ccc(N2CCN(C(=O)N3CCC(=CC(=O)O)CC3)CC2)cc1. The maximum Gasteiger partial charge on any atom is 0.328 e. The highest BCUT2D eigenvalue weighted by Crippen LogP contribution is 2.20. The van der Waals surface area contributed by atoms with Crippen molar-refractivity contribution in [1.82, 2.24) is 9.80 Å². The highest BCUT2D eigenvalue weighted by molar-refractivity contribution is 5.95. The summed E-state index contributed by atoms with van der Waals surface area (Å²) in [5.74, 6) is -0.864. The molecule has 2 aliphatic rings. The van der Waals surface area contributed by atoms with Crippen molar-refractivity contribution in [3.8, 4) is 0 Å². The summed E-state index contributed by atoms with van der Waals surface area (Å²) in [5.41, 5.74) is 8.15. The molecule has 0 unspecified atom stereocenters. The number of urea groups is 1. The quantitative estimate of drug-likeness (QED) is 0.376. The number of nitrogens with two attached hydrogens (primary N) is 1. The van der Waals surface area contributed by atoms with Crippen LogP contribution in [0.15, 0.2) is 35.9 Å². The Kier molecular flexibility index (Phi) is 9.26. The smallest absolute Gasteiger partial charge is 0.328 e. The van der Waals surface area contributed by atoms with Gasteiger partial charge in [-0.25, -0.2) is 9.59 Å². The fourth-order valence-electron chi connectivity index (χ4n) is 3.51. The number of amides is 2. The number of benzene rings is 1. The van der Waals surface area contributed by atoms with Crippen LogP contribution in [-0.4, -0.2) is 72.0 Å². The van der Waals surface area contributed by atoms with Gasteiger partial charge in [0, 0.05) is 56.6 Å². The van der Waals surface area contributed by atoms with Crippen molar-refractivity contribution in [3.05, 3.63) is 41.5 Å². The van der Waals surface area contributed by atoms with E-state index in [1.807, 2.05) is 34.1 Å². The number of likely N-dealkylation sites (tertiary alicyclic amines) is 1. The molecule has 2 heterocycles. The second kappa shape index (κ2) is 10.9. The number of nitrogen functional groups attached to an aromatic ring is 1. The molecule has 1 aromatic rings. The highest BCUT2D eigenvalue weighted by Gasteiger charge is 2.27. The molecule has 0 saturated carbocycles. The monoisotopic (exact) mass is 443 g/mol. The summed E-state index contributed by atoms with van der Waals surface area (Å²) in [6, 6.07) is 7.62. The Bertz CT molecular complexity index is 752. The molecule has 10 heteroatoms. The Labute approximate surface area is 182 Å². The van der Waals surface area contributed by atoms with Crippen LogP contribution in [0.1, 0.15) is 18.4 Å². The van der Waals surface area contributed by atoms with Crippen molar-refractivity contribution in [2.24, 2.45) is 5.73 Å². The lowest BCUT2D eigenvalue weighted by atomic mass is 10.0. The molecule has 2 saturated heterocycles. The van der Waals surface area contributed by atoms with E-state index in [0.29, 0.717) is 44.6 Å². The number of rotatable bonds is 3. The Morgan fingerprint density at radius 3 is 1.93 bits per heavy atom. The fourth-order valence-corrected chi connectivity index (χ4v) is 3.51. The minimum Gasteiger partial charge on any atom is -0.478 e. The summed E-state index contributed by atoms with van der Waals surface area (Å²) in [4.78, 5) is 29.4. The van der Waals surface area contributed by atoms with Gasteiger partial charge in [0.15, 0.2) is 0 Å². The molecule has 2 amide bonds. The summed E-state index contributed by atoms with van der Waals surface area (Å²) in [6.45, 7) is 3.96. The number of carbonyl (C=O) groups is 2. The van der Waals surface area contributed by atoms with Gasteiger partial charge in [-0.3, -0.25) is 5.41 Å². The number of hydrogen-bond donors (Lipinski definition) is 3. The van der Waals surface area contributed by atoms with E-state index in [2.05, 4.69) is 4.90 Å². The second-order valence-electron chi connectivity index (χ2n) is 6.85. The van der Waals surface area contributed by atoms with Gasteiger partial charge in [-0.15, -0.1) is 24.8 Å². The Hall–Kier alpha value is -2.45. The predicted molar refractivity (Wildman–Crippen MR) is 118 cm³/mol. The van der Waals surface area contributed by atoms with Crippen molar-refractivity contribution in [1.29, 1.82) is 5.41 Å². The molecule has 0 aliphatic carbocycles. The lowest BCUT2D eigenvalue weighted by molar-refractivity contribution is -0.131. The van der Waals surface area contributed by atoms with Crippen molar-refractivity contribution in [2.75, 3.05) is 44.2 Å². The molecular formula is C19H27Cl2N5O3. The lowest BCUT2D eigenvalue weighted by Crippen LogP contribution is -2.53. The van der Waals surface area contributed by atoms with E-state index in [0.717, 1.165) is 24.4 Å². The van der Waals surface area contributed by atoms with Crippen LogP contribution in [0, 0.1) is 5.41 Å². The van der Waals surface area contributed by atoms with Crippen molar-refractivity contribution in [3.63, 3.8) is 0 Å². The first-order valence-corrected chi connectivity index (χ1v) is 9.09. The van der Waals surface area contributed by atoms with Crippen molar-refractivity contribution >= 4 is 48.3 Å². The first kappa shape index (κ1) is 24.6. The van der Waals surface area contributed by atoms with Crippen molar-refractivity contribution in [2.45, 2.75) is 12.8 Å². The number of hydrogen-bond acceptors (Lipinski definition) is 4. The molecular weight excluding hydrogens is 417 g/mol. The number of halogens is 2. The number of carboxylic acid groups (broad SMARTS) is 1. The molecule has 4 N–H and O–H groups in total. The van der Waals surface area contributed by atoms with Crippen molar-refractivity contribution < 1.29 is 14.7 Å². The number of nitrogens with one attached hydrogen (secondary N) is 1. The molecule has 1 aromatic carbocycles. The fraction of sp³-hybridized carbons (Fsp3) is 0.421. The minimum absolute atomic E-state index is 0. The minimum atomic E-state index is -0.919. The van der Waals surface area contributed by atoms with E-state index in [9.17, 15) is 9.59 Å². The van der Waals surface area contributed by atoms with Gasteiger partial charge in [-0.1, -0.05) is 5.57 Å². The number of anilines is 1. The zero-order valence-electron chi connectivity index (χ0n) is 16.0. The molecule has 0 radical (unpaired) electrons. The largest absolute Gasteiger partial charge is 0.478 e. The van der Waals surface area contributed by atoms with Crippen LogP contribution in [0.5, 0.6) is 0 Å². The number of carboxylic acids is 1. The molecule has 8 nitrogen and oxygen atoms in total. The van der Waals surface area contributed by atoms with Crippen LogP contribution >= 0.6 is 24.8 Å². The predicted octanol–water partition coefficient (Wildman–Crippen LogP) is 2.16. The number of amidine groups is 1. The van der Waals surface area contributed by atoms with E-state index in [1.165, 1.54) is 6.08 Å². The van der Waals surface area contributed by atoms with Gasteiger partial charge in [-0.05, 0) is 37.1 Å². The zero-order valence-corrected chi connectivity index (χ0v) is 17.7. The summed E-state index contributed by atoms with van der Waals surface area (Å²) in [7, 11) is 0. The maximum atomic E-state index is 12.7. The highest BCUT2D eigenvalue weighted by atomic mass is 35.5. The average Bonchev–Trinajstić information content (AvgIpc) is 2.68. The first-order chi connectivity index (χ1) is 12.9. The molecule has 3 rings (SSSR count). The van der Waals surface area contributed by atoms with Gasteiger partial charge in [0.05, 0.1) is 0 Å². The number of aliphatic carboxylic acids is 1. The standard InChI is InChI=1S/C19H25N5O3.2ClH/c20-18(21)15-1-3-16(4-2-15)22-9-11-24(12-10-22)19(27)23-7-5-14(6-8-23)13-17(25)26;;/h1-4,13H,5-12H2,(H3,20,21)(H,25,26);2*1H. The number of piperidine rings is 1. The van der Waals surface area contributed by atoms with Gasteiger partial charge in [-0.2, -0.15) is 0 Å². The van der Waals surface area contributed by atoms with Gasteiger partial charge in [0.1, 0.15) is 5.84 Å². The Morgan fingerprint density at radius 1 is 0.931 bits per heavy atom. The third kappa shape index (κ3) is 6.27. The molecule has 2 fully saturated rings. The third-order valence-electron chi connectivity index (χ3n) is 5.10. The molecule has 160 valence electrons. The van der Waals surface area contributed by atoms with E-state index >= 15 is 0 Å². The summed E-state index contributed by atoms with van der Waals surface area (Å²) in [6.07, 6.45) is 2.51. The lowest BCUT2D eigenvalue weighted by Gasteiger charge is -2.39. The topological polar surface area (TPSA) is 114 Å². The van der Waals surface area contributed by atoms with E-state index in [-0.39, 0.29) is 36.7 Å². The molecule has 2 aliphatic heterocycles. The van der Waals surface area contributed by atoms with Gasteiger partial charge in [0.2, 0.25) is 0 Å². The van der Waals surface area contributed by atoms with E-state index in [1.54, 1.807) is 0 Å². The van der Waals surface area contributed by atoms with E-state index < -0.39 is 5.97 Å². The number of nitrogens with zero attached hydrogens (tertiary/aromatic N) is 3. The van der Waals surface area contributed by atoms with Gasteiger partial charge < -0.3 is 25.5 Å². The Morgan fingerprint density at radius 2 is 1.45 bits per heavy atom. The van der Waals surface area contributed by atoms with E-state index in [4.69, 9.17) is 16.2 Å². The number of piperazine rings is 1. The molecule has 0 aromatic heterocycles. The average molecular weight is 444 g/mol. The summed E-state index contributed by atoms with van der Waals surface area (Å²) >= 11 is 0. The third-order valence-corrected chi connectivity index (χ3v) is 5.10. The second-order valence-corrected chi connectivity index (χ2v) is 6.85. The first-order valence-electron chi connectivity index (χ1n) is 9.09. The van der Waals surface area contributed by atoms with Crippen LogP contribution in [0.3, 0.4) is 0 Å². The van der Waals surface area contributed by atoms with Crippen LogP contribution in [0.25, 0.3) is 0 Å². The molecule has 0 bridgehead atoms. The summed E-state index contributed by atoms with van der Waals surface area (Å²) < 4.78 is 0. The van der Waals surface area contributed by atoms with Gasteiger partial charge in [0.25, 0.3) is 0 Å². The zero-order chi connectivity index (χ0) is 19.4. The molecule has 29 heavy (non-hydrogen) atoms. The van der Waals surface area contributed by atoms with Gasteiger partial charge >= 0.3 is 12.0 Å². The number of carbonyl (C=O) groups excluding carboxylic acids is 1. The Balaban J connectivity index is 0.00000210. The van der Waals surface area contributed by atoms with Crippen LogP contribution in [0.4, 0.5) is 10.5 Å². The van der Waals surface area contributed by atoms with Crippen LogP contribution in [0.2, 0.25) is 0 Å².